The molecule has 0 aromatic heterocycles. The van der Waals surface area contributed by atoms with Crippen molar-refractivity contribution in [2.24, 2.45) is 5.16 Å². The number of nitrogens with zero attached hydrogens (tertiary/aromatic N) is 1. The predicted molar refractivity (Wildman–Crippen MR) is 69.5 cm³/mol. The van der Waals surface area contributed by atoms with E-state index in [9.17, 15) is 5.11 Å². The predicted octanol–water partition coefficient (Wildman–Crippen LogP) is 2.35. The molecule has 0 radical (unpaired) electrons. The lowest BCUT2D eigenvalue weighted by Crippen LogP contribution is -2.18. The lowest BCUT2D eigenvalue weighted by atomic mass is 9.89. The van der Waals surface area contributed by atoms with Gasteiger partial charge in [-0.25, -0.2) is 0 Å². The largest absolute Gasteiger partial charge is 0.491 e. The second-order valence-electron chi connectivity index (χ2n) is 4.56. The highest BCUT2D eigenvalue weighted by molar-refractivity contribution is 6.02. The molecule has 0 heterocycles. The van der Waals surface area contributed by atoms with Crippen molar-refractivity contribution in [1.82, 2.24) is 0 Å². The van der Waals surface area contributed by atoms with Crippen LogP contribution in [0.2, 0.25) is 0 Å². The molecular formula is C14H19NO3. The van der Waals surface area contributed by atoms with Crippen molar-refractivity contribution in [3.8, 4) is 5.75 Å². The van der Waals surface area contributed by atoms with Crippen LogP contribution >= 0.6 is 0 Å². The van der Waals surface area contributed by atoms with Gasteiger partial charge in [-0.2, -0.15) is 0 Å². The number of oxime groups is 1. The topological polar surface area (TPSA) is 62.0 Å². The molecule has 2 N–H and O–H groups in total. The van der Waals surface area contributed by atoms with Gasteiger partial charge in [-0.1, -0.05) is 24.2 Å². The first-order valence-corrected chi connectivity index (χ1v) is 6.40. The molecule has 0 fully saturated rings. The Bertz CT molecular complexity index is 443. The highest BCUT2D eigenvalue weighted by Crippen LogP contribution is 2.30. The second-order valence-corrected chi connectivity index (χ2v) is 4.56. The van der Waals surface area contributed by atoms with E-state index in [0.717, 1.165) is 41.9 Å². The van der Waals surface area contributed by atoms with Crippen molar-refractivity contribution in [3.63, 3.8) is 0 Å². The highest BCUT2D eigenvalue weighted by Gasteiger charge is 2.19. The Morgan fingerprint density at radius 3 is 2.94 bits per heavy atom. The summed E-state index contributed by atoms with van der Waals surface area (Å²) in [5.41, 5.74) is 2.77. The molecular weight excluding hydrogens is 230 g/mol. The number of fused-ring (bicyclic) bond motifs is 1. The number of hydrogen-bond acceptors (Lipinski definition) is 4. The maximum Gasteiger partial charge on any atom is 0.123 e. The van der Waals surface area contributed by atoms with E-state index in [1.165, 1.54) is 0 Å². The molecule has 4 heteroatoms. The Balaban J connectivity index is 2.22. The molecule has 1 atom stereocenters. The molecule has 1 aromatic rings. The van der Waals surface area contributed by atoms with Gasteiger partial charge in [0.1, 0.15) is 12.4 Å². The normalized spacial score (nSPS) is 18.4. The van der Waals surface area contributed by atoms with Gasteiger partial charge < -0.3 is 15.1 Å². The van der Waals surface area contributed by atoms with Gasteiger partial charge in [-0.3, -0.25) is 0 Å². The standard InChI is InChI=1S/C14H19NO3/c1-2-10(16)9-18-14-8-4-5-11-12(14)6-3-7-13(11)15-17/h4-5,8,10,16-17H,2-3,6-7,9H2,1H3. The van der Waals surface area contributed by atoms with Crippen molar-refractivity contribution >= 4 is 5.71 Å². The summed E-state index contributed by atoms with van der Waals surface area (Å²) in [4.78, 5) is 0. The van der Waals surface area contributed by atoms with Crippen molar-refractivity contribution in [3.05, 3.63) is 29.3 Å². The van der Waals surface area contributed by atoms with Gasteiger partial charge in [0.2, 0.25) is 0 Å². The van der Waals surface area contributed by atoms with Crippen LogP contribution in [0.3, 0.4) is 0 Å². The van der Waals surface area contributed by atoms with E-state index in [-0.39, 0.29) is 0 Å². The van der Waals surface area contributed by atoms with Gasteiger partial charge in [0, 0.05) is 11.1 Å². The molecule has 1 aliphatic carbocycles. The highest BCUT2D eigenvalue weighted by atomic mass is 16.5. The number of ether oxygens (including phenoxy) is 1. The van der Waals surface area contributed by atoms with Crippen LogP contribution in [0.1, 0.15) is 37.3 Å². The van der Waals surface area contributed by atoms with E-state index >= 15 is 0 Å². The molecule has 0 saturated carbocycles. The van der Waals surface area contributed by atoms with Gasteiger partial charge in [-0.15, -0.1) is 0 Å². The lowest BCUT2D eigenvalue weighted by Gasteiger charge is -2.21. The van der Waals surface area contributed by atoms with Crippen LogP contribution in [0.4, 0.5) is 0 Å². The average Bonchev–Trinajstić information content (AvgIpc) is 2.43. The number of rotatable bonds is 4. The molecule has 2 rings (SSSR count). The van der Waals surface area contributed by atoms with Crippen molar-refractivity contribution in [1.29, 1.82) is 0 Å². The van der Waals surface area contributed by atoms with Crippen LogP contribution in [-0.4, -0.2) is 28.7 Å². The fourth-order valence-electron chi connectivity index (χ4n) is 2.20. The van der Waals surface area contributed by atoms with E-state index in [1.54, 1.807) is 0 Å². The summed E-state index contributed by atoms with van der Waals surface area (Å²) >= 11 is 0. The zero-order chi connectivity index (χ0) is 13.0. The Morgan fingerprint density at radius 1 is 1.39 bits per heavy atom. The summed E-state index contributed by atoms with van der Waals surface area (Å²) in [7, 11) is 0. The summed E-state index contributed by atoms with van der Waals surface area (Å²) < 4.78 is 5.66. The lowest BCUT2D eigenvalue weighted by molar-refractivity contribution is 0.104. The maximum atomic E-state index is 9.53. The smallest absolute Gasteiger partial charge is 0.123 e. The van der Waals surface area contributed by atoms with E-state index in [2.05, 4.69) is 5.16 Å². The Hall–Kier alpha value is -1.55. The first kappa shape index (κ1) is 12.9. The van der Waals surface area contributed by atoms with Crippen LogP contribution in [0.15, 0.2) is 23.4 Å². The van der Waals surface area contributed by atoms with Crippen molar-refractivity contribution in [2.75, 3.05) is 6.61 Å². The molecule has 1 aromatic carbocycles. The first-order valence-electron chi connectivity index (χ1n) is 6.40. The van der Waals surface area contributed by atoms with Crippen molar-refractivity contribution in [2.45, 2.75) is 38.7 Å². The molecule has 1 aliphatic rings. The van der Waals surface area contributed by atoms with Gasteiger partial charge in [0.05, 0.1) is 11.8 Å². The van der Waals surface area contributed by atoms with Crippen LogP contribution in [0, 0.1) is 0 Å². The van der Waals surface area contributed by atoms with Crippen LogP contribution < -0.4 is 4.74 Å². The van der Waals surface area contributed by atoms with Gasteiger partial charge in [0.15, 0.2) is 0 Å². The third kappa shape index (κ3) is 2.64. The Kier molecular flexibility index (Phi) is 4.20. The Labute approximate surface area is 107 Å². The molecule has 98 valence electrons. The minimum Gasteiger partial charge on any atom is -0.491 e. The van der Waals surface area contributed by atoms with E-state index in [4.69, 9.17) is 9.94 Å². The summed E-state index contributed by atoms with van der Waals surface area (Å²) in [6.07, 6.45) is 2.93. The first-order chi connectivity index (χ1) is 8.76. The van der Waals surface area contributed by atoms with E-state index < -0.39 is 6.10 Å². The summed E-state index contributed by atoms with van der Waals surface area (Å²) in [5.74, 6) is 0.792. The molecule has 0 saturated heterocycles. The fourth-order valence-corrected chi connectivity index (χ4v) is 2.20. The third-order valence-corrected chi connectivity index (χ3v) is 3.31. The van der Waals surface area contributed by atoms with Crippen LogP contribution in [0.25, 0.3) is 0 Å². The monoisotopic (exact) mass is 249 g/mol. The number of aliphatic hydroxyl groups is 1. The average molecular weight is 249 g/mol. The van der Waals surface area contributed by atoms with Crippen LogP contribution in [-0.2, 0) is 6.42 Å². The molecule has 0 aliphatic heterocycles. The van der Waals surface area contributed by atoms with Crippen LogP contribution in [0.5, 0.6) is 5.75 Å². The molecule has 1 unspecified atom stereocenters. The third-order valence-electron chi connectivity index (χ3n) is 3.31. The molecule has 0 bridgehead atoms. The zero-order valence-corrected chi connectivity index (χ0v) is 10.6. The number of benzene rings is 1. The van der Waals surface area contributed by atoms with Gasteiger partial charge in [-0.05, 0) is 31.7 Å². The van der Waals surface area contributed by atoms with Crippen molar-refractivity contribution < 1.29 is 15.1 Å². The van der Waals surface area contributed by atoms with Gasteiger partial charge in [0.25, 0.3) is 0 Å². The minimum atomic E-state index is -0.435. The Morgan fingerprint density at radius 2 is 2.22 bits per heavy atom. The summed E-state index contributed by atoms with van der Waals surface area (Å²) in [6, 6.07) is 5.75. The molecule has 0 amide bonds. The quantitative estimate of drug-likeness (QED) is 0.636. The molecule has 0 spiro atoms. The second kappa shape index (κ2) is 5.87. The summed E-state index contributed by atoms with van der Waals surface area (Å²) in [5, 5.41) is 21.9. The number of hydrogen-bond donors (Lipinski definition) is 2. The molecule has 4 nitrogen and oxygen atoms in total. The summed E-state index contributed by atoms with van der Waals surface area (Å²) in [6.45, 7) is 2.23. The van der Waals surface area contributed by atoms with Gasteiger partial charge >= 0.3 is 0 Å². The fraction of sp³-hybridized carbons (Fsp3) is 0.500. The number of aliphatic hydroxyl groups excluding tert-OH is 1. The van der Waals surface area contributed by atoms with E-state index in [1.807, 2.05) is 25.1 Å². The zero-order valence-electron chi connectivity index (χ0n) is 10.6. The SMILES string of the molecule is CCC(O)COc1cccc2c1CCCC2=NO. The van der Waals surface area contributed by atoms with E-state index in [0.29, 0.717) is 13.0 Å². The molecule has 18 heavy (non-hydrogen) atoms. The maximum absolute atomic E-state index is 9.53. The minimum absolute atomic E-state index is 0.304.